The molecule has 0 bridgehead atoms. The molecule has 0 aliphatic carbocycles. The zero-order valence-corrected chi connectivity index (χ0v) is 39.5. The van der Waals surface area contributed by atoms with Crippen molar-refractivity contribution >= 4 is 29.7 Å². The zero-order valence-electron chi connectivity index (χ0n) is 39.5. The van der Waals surface area contributed by atoms with Crippen molar-refractivity contribution < 1.29 is 42.2 Å². The van der Waals surface area contributed by atoms with E-state index in [9.17, 15) is 37.5 Å². The number of aromatic amines is 2. The van der Waals surface area contributed by atoms with E-state index < -0.39 is 36.1 Å². The number of benzene rings is 2. The number of alkyl carbamates (subject to hydrolysis) is 1. The minimum absolute atomic E-state index is 0.162. The maximum absolute atomic E-state index is 13.8. The van der Waals surface area contributed by atoms with Crippen LogP contribution >= 0.6 is 0 Å². The summed E-state index contributed by atoms with van der Waals surface area (Å²) in [5.41, 5.74) is 4.57. The number of H-pyrrole nitrogens is 2. The predicted molar refractivity (Wildman–Crippen MR) is 250 cm³/mol. The number of rotatable bonds is 13. The number of nitrogens with one attached hydrogen (secondary N) is 3. The Kier molecular flexibility index (Phi) is 14.0. The lowest BCUT2D eigenvalue weighted by molar-refractivity contribution is -0.141. The van der Waals surface area contributed by atoms with Gasteiger partial charge in [-0.3, -0.25) is 14.5 Å². The molecular weight excluding hydrogens is 894 g/mol. The van der Waals surface area contributed by atoms with Gasteiger partial charge in [0.25, 0.3) is 0 Å². The van der Waals surface area contributed by atoms with Crippen molar-refractivity contribution in [1.29, 1.82) is 0 Å². The molecule has 69 heavy (non-hydrogen) atoms. The average Bonchev–Trinajstić information content (AvgIpc) is 4.20. The van der Waals surface area contributed by atoms with Crippen LogP contribution in [0.5, 0.6) is 0 Å². The number of methoxy groups -OCH3 is 1. The van der Waals surface area contributed by atoms with Gasteiger partial charge in [-0.05, 0) is 73.6 Å². The van der Waals surface area contributed by atoms with Crippen molar-refractivity contribution in [2.45, 2.75) is 109 Å². The second kappa shape index (κ2) is 20.0. The molecule has 0 radical (unpaired) electrons. The molecule has 5 aromatic rings. The second-order valence-corrected chi connectivity index (χ2v) is 18.8. The summed E-state index contributed by atoms with van der Waals surface area (Å²) in [4.78, 5) is 78.3. The molecule has 4 amide bonds. The number of alkyl halides is 3. The fraction of sp³-hybridized carbons (Fsp3) is 0.460. The largest absolute Gasteiger partial charge is 0.465 e. The summed E-state index contributed by atoms with van der Waals surface area (Å²) in [5.74, 6) is 0.434. The predicted octanol–water partition coefficient (Wildman–Crippen LogP) is 9.31. The van der Waals surface area contributed by atoms with Gasteiger partial charge in [-0.1, -0.05) is 76.2 Å². The van der Waals surface area contributed by atoms with Gasteiger partial charge in [0.05, 0.1) is 54.5 Å². The highest BCUT2D eigenvalue weighted by atomic mass is 19.4. The van der Waals surface area contributed by atoms with Crippen LogP contribution in [0, 0.1) is 11.8 Å². The number of hydrogen-bond donors (Lipinski definition) is 4. The van der Waals surface area contributed by atoms with Crippen molar-refractivity contribution in [3.63, 3.8) is 0 Å². The molecule has 8 rings (SSSR count). The third-order valence-corrected chi connectivity index (χ3v) is 13.8. The van der Waals surface area contributed by atoms with E-state index in [1.54, 1.807) is 16.0 Å². The third kappa shape index (κ3) is 9.99. The normalized spacial score (nSPS) is 20.4. The van der Waals surface area contributed by atoms with Gasteiger partial charge < -0.3 is 39.8 Å². The monoisotopic (exact) mass is 952 g/mol. The molecule has 16 nitrogen and oxygen atoms in total. The first kappa shape index (κ1) is 48.5. The van der Waals surface area contributed by atoms with Crippen LogP contribution in [-0.4, -0.2) is 108 Å². The number of likely N-dealkylation sites (N-methyl/N-ethyl adjacent to an activating group) is 1. The number of ether oxygens (including phenoxy) is 1. The summed E-state index contributed by atoms with van der Waals surface area (Å²) in [6.07, 6.45) is 2.85. The van der Waals surface area contributed by atoms with Crippen LogP contribution in [0.3, 0.4) is 0 Å². The summed E-state index contributed by atoms with van der Waals surface area (Å²) < 4.78 is 45.8. The Morgan fingerprint density at radius 3 is 1.67 bits per heavy atom. The quantitative estimate of drug-likeness (QED) is 0.0884. The van der Waals surface area contributed by atoms with Crippen LogP contribution < -0.4 is 10.2 Å². The molecule has 3 saturated heterocycles. The maximum atomic E-state index is 13.8. The van der Waals surface area contributed by atoms with Gasteiger partial charge in [0.2, 0.25) is 11.8 Å². The van der Waals surface area contributed by atoms with E-state index in [2.05, 4.69) is 25.2 Å². The van der Waals surface area contributed by atoms with E-state index >= 15 is 0 Å². The number of pyridine rings is 1. The maximum Gasteiger partial charge on any atom is 0.433 e. The smallest absolute Gasteiger partial charge is 0.433 e. The lowest BCUT2D eigenvalue weighted by Crippen LogP contribution is -2.51. The highest BCUT2D eigenvalue weighted by Crippen LogP contribution is 2.48. The second-order valence-electron chi connectivity index (χ2n) is 18.8. The Labute approximate surface area is 398 Å². The number of likely N-dealkylation sites (tertiary alicyclic amines) is 2. The molecule has 3 aromatic heterocycles. The van der Waals surface area contributed by atoms with Crippen molar-refractivity contribution in [1.82, 2.24) is 44.9 Å². The number of aromatic nitrogens is 5. The molecule has 3 aliphatic rings. The number of anilines is 1. The van der Waals surface area contributed by atoms with Gasteiger partial charge in [-0.15, -0.1) is 0 Å². The van der Waals surface area contributed by atoms with Crippen molar-refractivity contribution in [3.05, 3.63) is 108 Å². The van der Waals surface area contributed by atoms with Gasteiger partial charge in [0.15, 0.2) is 0 Å². The third-order valence-electron chi connectivity index (χ3n) is 13.8. The fourth-order valence-electron chi connectivity index (χ4n) is 10.3. The molecular formula is C50H59F3N10O6. The Bertz CT molecular complexity index is 2620. The summed E-state index contributed by atoms with van der Waals surface area (Å²) in [7, 11) is 2.68. The summed E-state index contributed by atoms with van der Waals surface area (Å²) in [5, 5.41) is 12.3. The minimum atomic E-state index is -4.59. The molecule has 3 fully saturated rings. The van der Waals surface area contributed by atoms with Crippen molar-refractivity contribution in [3.8, 4) is 22.5 Å². The first-order valence-corrected chi connectivity index (χ1v) is 23.5. The lowest BCUT2D eigenvalue weighted by atomic mass is 10.0. The SMILES string of the molecule is COC(=O)N[C@H](C(=O)N1CCC[C@H]1c1nc(-c2ccc([C@@H]3CC[C@@H](c4ccc(-c5c[nH]c([C@@H]6CCCN6C(=O)[C@H](C(C)C)N(C)C(=O)O)n5)cc4)N3c3ccc(C(F)(F)F)nc3)cc2)c[nH]1)C(C)C. The summed E-state index contributed by atoms with van der Waals surface area (Å²) in [6.45, 7) is 8.43. The Morgan fingerprint density at radius 2 is 1.25 bits per heavy atom. The van der Waals surface area contributed by atoms with E-state index in [0.717, 1.165) is 46.1 Å². The van der Waals surface area contributed by atoms with Crippen LogP contribution in [-0.2, 0) is 20.5 Å². The molecule has 4 N–H and O–H groups in total. The Morgan fingerprint density at radius 1 is 0.739 bits per heavy atom. The zero-order chi connectivity index (χ0) is 49.3. The van der Waals surface area contributed by atoms with E-state index in [-0.39, 0.29) is 47.8 Å². The number of carbonyl (C=O) groups excluding carboxylic acids is 3. The van der Waals surface area contributed by atoms with Crippen LogP contribution in [0.15, 0.2) is 79.3 Å². The van der Waals surface area contributed by atoms with Crippen LogP contribution in [0.4, 0.5) is 28.4 Å². The molecule has 0 spiro atoms. The number of carbonyl (C=O) groups is 4. The highest BCUT2D eigenvalue weighted by Gasteiger charge is 2.41. The molecule has 0 saturated carbocycles. The molecule has 6 atom stereocenters. The molecule has 366 valence electrons. The van der Waals surface area contributed by atoms with E-state index in [0.29, 0.717) is 67.5 Å². The van der Waals surface area contributed by atoms with Gasteiger partial charge in [-0.2, -0.15) is 13.2 Å². The fourth-order valence-corrected chi connectivity index (χ4v) is 10.3. The van der Waals surface area contributed by atoms with E-state index in [1.807, 2.05) is 82.4 Å². The molecule has 19 heteroatoms. The topological polar surface area (TPSA) is 193 Å². The summed E-state index contributed by atoms with van der Waals surface area (Å²) in [6, 6.07) is 15.8. The van der Waals surface area contributed by atoms with Crippen LogP contribution in [0.25, 0.3) is 22.5 Å². The van der Waals surface area contributed by atoms with Gasteiger partial charge in [-0.25, -0.2) is 24.5 Å². The number of amides is 4. The molecule has 2 aromatic carbocycles. The van der Waals surface area contributed by atoms with Crippen molar-refractivity contribution in [2.24, 2.45) is 11.8 Å². The van der Waals surface area contributed by atoms with Gasteiger partial charge in [0, 0.05) is 43.7 Å². The number of nitrogens with zero attached hydrogens (tertiary/aromatic N) is 7. The molecule has 3 aliphatic heterocycles. The highest BCUT2D eigenvalue weighted by molar-refractivity contribution is 5.87. The van der Waals surface area contributed by atoms with Crippen LogP contribution in [0.1, 0.15) is 119 Å². The first-order valence-electron chi connectivity index (χ1n) is 23.5. The molecule has 0 unspecified atom stereocenters. The first-order chi connectivity index (χ1) is 32.9. The lowest BCUT2D eigenvalue weighted by Gasteiger charge is -2.33. The molecule has 6 heterocycles. The Balaban J connectivity index is 1.01. The number of imidazole rings is 2. The van der Waals surface area contributed by atoms with Gasteiger partial charge >= 0.3 is 18.4 Å². The van der Waals surface area contributed by atoms with E-state index in [1.165, 1.54) is 26.4 Å². The standard InChI is InChI=1S/C50H59F3N10O6/c1-28(2)42(59-48(66)69-6)46(64)61-23-7-9-39(61)44-55-26-35(57-44)30-11-15-32(16-12-30)37-20-21-38(63(37)34-19-22-41(54-25-34)50(51,52)53)33-17-13-31(14-18-33)36-27-56-45(58-36)40-10-8-24-62(40)47(65)43(29(3)4)60(5)49(67)68/h11-19,22,25-29,37-40,42-43H,7-10,20-21,23-24H2,1-6H3,(H,55,57)(H,56,58)(H,59,66)(H,67,68)/t37-,38-,39-,40-,42-,43-/m0/s1. The van der Waals surface area contributed by atoms with Crippen LogP contribution in [0.2, 0.25) is 0 Å². The van der Waals surface area contributed by atoms with Gasteiger partial charge in [0.1, 0.15) is 29.4 Å². The van der Waals surface area contributed by atoms with Crippen molar-refractivity contribution in [2.75, 3.05) is 32.1 Å². The minimum Gasteiger partial charge on any atom is -0.465 e. The number of hydrogen-bond acceptors (Lipinski definition) is 9. The summed E-state index contributed by atoms with van der Waals surface area (Å²) >= 11 is 0. The van der Waals surface area contributed by atoms with E-state index in [4.69, 9.17) is 14.7 Å². The number of carboxylic acid groups (broad SMARTS) is 1. The number of halogens is 3. The Hall–Kier alpha value is -6.92. The average molecular weight is 953 g/mol.